The van der Waals surface area contributed by atoms with Gasteiger partial charge in [-0.05, 0) is 29.2 Å². The normalized spacial score (nSPS) is 14.5. The maximum Gasteiger partial charge on any atom is 0.408 e. The quantitative estimate of drug-likeness (QED) is 0.576. The summed E-state index contributed by atoms with van der Waals surface area (Å²) in [4.78, 5) is 29.0. The number of amides is 1. The van der Waals surface area contributed by atoms with Gasteiger partial charge in [0.2, 0.25) is 0 Å². The average Bonchev–Trinajstić information content (AvgIpc) is 3.34. The Bertz CT molecular complexity index is 1110. The summed E-state index contributed by atoms with van der Waals surface area (Å²) in [5.41, 5.74) is 2.92. The number of carbonyl (C=O) groups is 2. The van der Waals surface area contributed by atoms with E-state index in [1.54, 1.807) is 17.0 Å². The van der Waals surface area contributed by atoms with Crippen molar-refractivity contribution in [3.63, 3.8) is 0 Å². The lowest BCUT2D eigenvalue weighted by Gasteiger charge is -2.27. The van der Waals surface area contributed by atoms with Gasteiger partial charge >= 0.3 is 12.1 Å². The highest BCUT2D eigenvalue weighted by Crippen LogP contribution is 2.44. The number of hydrogen-bond donors (Lipinski definition) is 2. The number of rotatable bonds is 7. The van der Waals surface area contributed by atoms with Crippen LogP contribution in [0.1, 0.15) is 49.6 Å². The number of fused-ring (bicyclic) bond motifs is 3. The lowest BCUT2D eigenvalue weighted by Crippen LogP contribution is -2.55. The van der Waals surface area contributed by atoms with Gasteiger partial charge < -0.3 is 19.7 Å². The first-order valence-electron chi connectivity index (χ1n) is 10.7. The molecule has 0 bridgehead atoms. The molecule has 1 atom stereocenters. The van der Waals surface area contributed by atoms with E-state index >= 15 is 0 Å². The Hall–Kier alpha value is -3.61. The lowest BCUT2D eigenvalue weighted by atomic mass is 9.98. The van der Waals surface area contributed by atoms with Gasteiger partial charge in [0.1, 0.15) is 12.4 Å². The number of carboxylic acid groups (broad SMARTS) is 1. The second-order valence-electron chi connectivity index (χ2n) is 8.66. The molecule has 166 valence electrons. The first-order chi connectivity index (χ1) is 15.3. The Morgan fingerprint density at radius 2 is 1.72 bits per heavy atom. The SMILES string of the molecule is CC(C)c1nccn1CC(C)(NC(=O)OCC1c2ccccc2-c2ccccc21)C(=O)O. The van der Waals surface area contributed by atoms with Crippen LogP contribution in [0.25, 0.3) is 11.1 Å². The topological polar surface area (TPSA) is 93.5 Å². The second-order valence-corrected chi connectivity index (χ2v) is 8.66. The minimum Gasteiger partial charge on any atom is -0.479 e. The molecule has 1 heterocycles. The summed E-state index contributed by atoms with van der Waals surface area (Å²) < 4.78 is 7.30. The van der Waals surface area contributed by atoms with Crippen LogP contribution in [0, 0.1) is 0 Å². The van der Waals surface area contributed by atoms with Crippen molar-refractivity contribution in [2.45, 2.75) is 44.7 Å². The third-order valence-corrected chi connectivity index (χ3v) is 5.94. The number of carboxylic acids is 1. The van der Waals surface area contributed by atoms with Gasteiger partial charge in [0.15, 0.2) is 5.54 Å². The number of imidazole rings is 1. The zero-order valence-corrected chi connectivity index (χ0v) is 18.4. The van der Waals surface area contributed by atoms with Crippen molar-refractivity contribution in [3.05, 3.63) is 77.9 Å². The number of nitrogens with one attached hydrogen (secondary N) is 1. The maximum atomic E-state index is 12.7. The van der Waals surface area contributed by atoms with E-state index in [1.807, 2.05) is 50.2 Å². The molecule has 4 rings (SSSR count). The van der Waals surface area contributed by atoms with Crippen LogP contribution in [0.15, 0.2) is 60.9 Å². The van der Waals surface area contributed by atoms with E-state index in [0.29, 0.717) is 0 Å². The predicted octanol–water partition coefficient (Wildman–Crippen LogP) is 4.39. The van der Waals surface area contributed by atoms with Crippen LogP contribution in [0.2, 0.25) is 0 Å². The highest BCUT2D eigenvalue weighted by molar-refractivity contribution is 5.84. The smallest absolute Gasteiger partial charge is 0.408 e. The summed E-state index contributed by atoms with van der Waals surface area (Å²) in [5, 5.41) is 12.4. The number of benzene rings is 2. The van der Waals surface area contributed by atoms with Crippen LogP contribution in [-0.2, 0) is 16.1 Å². The van der Waals surface area contributed by atoms with E-state index in [9.17, 15) is 14.7 Å². The van der Waals surface area contributed by atoms with Crippen LogP contribution in [-0.4, -0.2) is 38.9 Å². The summed E-state index contributed by atoms with van der Waals surface area (Å²) in [5.74, 6) is -0.357. The largest absolute Gasteiger partial charge is 0.479 e. The molecule has 0 radical (unpaired) electrons. The van der Waals surface area contributed by atoms with Crippen molar-refractivity contribution in [2.24, 2.45) is 0 Å². The van der Waals surface area contributed by atoms with Crippen LogP contribution >= 0.6 is 0 Å². The van der Waals surface area contributed by atoms with Crippen molar-refractivity contribution in [3.8, 4) is 11.1 Å². The third-order valence-electron chi connectivity index (χ3n) is 5.94. The summed E-state index contributed by atoms with van der Waals surface area (Å²) in [6, 6.07) is 16.1. The average molecular weight is 434 g/mol. The molecule has 7 heteroatoms. The minimum absolute atomic E-state index is 0.0417. The Morgan fingerprint density at radius 1 is 1.12 bits per heavy atom. The fourth-order valence-corrected chi connectivity index (χ4v) is 4.32. The van der Waals surface area contributed by atoms with Crippen molar-refractivity contribution in [1.82, 2.24) is 14.9 Å². The van der Waals surface area contributed by atoms with E-state index in [1.165, 1.54) is 6.92 Å². The van der Waals surface area contributed by atoms with Crippen LogP contribution < -0.4 is 5.32 Å². The van der Waals surface area contributed by atoms with Crippen LogP contribution in [0.4, 0.5) is 4.79 Å². The first kappa shape index (κ1) is 21.6. The molecule has 0 fully saturated rings. The predicted molar refractivity (Wildman–Crippen MR) is 121 cm³/mol. The second kappa shape index (κ2) is 8.49. The zero-order valence-electron chi connectivity index (χ0n) is 18.4. The molecule has 2 N–H and O–H groups in total. The summed E-state index contributed by atoms with van der Waals surface area (Å²) in [6.07, 6.45) is 2.59. The molecule has 1 unspecified atom stereocenters. The van der Waals surface area contributed by atoms with Crippen molar-refractivity contribution in [1.29, 1.82) is 0 Å². The number of nitrogens with zero attached hydrogens (tertiary/aromatic N) is 2. The number of alkyl carbamates (subject to hydrolysis) is 1. The first-order valence-corrected chi connectivity index (χ1v) is 10.7. The molecule has 0 saturated heterocycles. The van der Waals surface area contributed by atoms with E-state index < -0.39 is 17.6 Å². The number of ether oxygens (including phenoxy) is 1. The molecule has 0 saturated carbocycles. The standard InChI is InChI=1S/C25H27N3O4/c1-16(2)22-26-12-13-28(22)15-25(3,23(29)30)27-24(31)32-14-21-19-10-6-4-8-17(19)18-9-5-7-11-20(18)21/h4-13,16,21H,14-15H2,1-3H3,(H,27,31)(H,29,30). The molecule has 1 aliphatic carbocycles. The van der Waals surface area contributed by atoms with Gasteiger partial charge in [-0.1, -0.05) is 62.4 Å². The van der Waals surface area contributed by atoms with E-state index in [4.69, 9.17) is 4.74 Å². The molecular formula is C25H27N3O4. The van der Waals surface area contributed by atoms with Crippen LogP contribution in [0.5, 0.6) is 0 Å². The maximum absolute atomic E-state index is 12.7. The van der Waals surface area contributed by atoms with E-state index in [2.05, 4.69) is 22.4 Å². The van der Waals surface area contributed by atoms with E-state index in [0.717, 1.165) is 28.1 Å². The van der Waals surface area contributed by atoms with Gasteiger partial charge in [-0.2, -0.15) is 0 Å². The summed E-state index contributed by atoms with van der Waals surface area (Å²) >= 11 is 0. The monoisotopic (exact) mass is 433 g/mol. The lowest BCUT2D eigenvalue weighted by molar-refractivity contribution is -0.144. The molecule has 0 spiro atoms. The molecule has 1 aromatic heterocycles. The molecule has 2 aromatic carbocycles. The fraction of sp³-hybridized carbons (Fsp3) is 0.320. The molecule has 32 heavy (non-hydrogen) atoms. The Morgan fingerprint density at radius 3 is 2.28 bits per heavy atom. The van der Waals surface area contributed by atoms with Crippen molar-refractivity contribution in [2.75, 3.05) is 6.61 Å². The number of hydrogen-bond acceptors (Lipinski definition) is 4. The highest BCUT2D eigenvalue weighted by Gasteiger charge is 2.37. The minimum atomic E-state index is -1.55. The van der Waals surface area contributed by atoms with Gasteiger partial charge in [-0.3, -0.25) is 0 Å². The van der Waals surface area contributed by atoms with Crippen LogP contribution in [0.3, 0.4) is 0 Å². The highest BCUT2D eigenvalue weighted by atomic mass is 16.5. The van der Waals surface area contributed by atoms with E-state index in [-0.39, 0.29) is 25.0 Å². The van der Waals surface area contributed by atoms with Gasteiger partial charge in [0, 0.05) is 24.2 Å². The Balaban J connectivity index is 1.48. The van der Waals surface area contributed by atoms with Gasteiger partial charge in [0.05, 0.1) is 6.54 Å². The molecule has 1 amide bonds. The van der Waals surface area contributed by atoms with Gasteiger partial charge in [-0.25, -0.2) is 14.6 Å². The molecule has 1 aliphatic rings. The molecule has 0 aliphatic heterocycles. The molecule has 3 aromatic rings. The molecule has 7 nitrogen and oxygen atoms in total. The number of aliphatic carboxylic acids is 1. The van der Waals surface area contributed by atoms with Crippen molar-refractivity contribution < 1.29 is 19.4 Å². The number of aromatic nitrogens is 2. The molecular weight excluding hydrogens is 406 g/mol. The number of carbonyl (C=O) groups excluding carboxylic acids is 1. The fourth-order valence-electron chi connectivity index (χ4n) is 4.32. The van der Waals surface area contributed by atoms with Crippen molar-refractivity contribution >= 4 is 12.1 Å². The summed E-state index contributed by atoms with van der Waals surface area (Å²) in [7, 11) is 0. The zero-order chi connectivity index (χ0) is 22.9. The van der Waals surface area contributed by atoms with Gasteiger partial charge in [0.25, 0.3) is 0 Å². The summed E-state index contributed by atoms with van der Waals surface area (Å²) in [6.45, 7) is 5.60. The third kappa shape index (κ3) is 3.98. The van der Waals surface area contributed by atoms with Gasteiger partial charge in [-0.15, -0.1) is 0 Å². The Kier molecular flexibility index (Phi) is 5.74. The Labute approximate surface area is 187 Å².